The molecule has 5 atom stereocenters. The minimum Gasteiger partial charge on any atom is -0.393 e. The van der Waals surface area contributed by atoms with Crippen LogP contribution >= 0.6 is 0 Å². The van der Waals surface area contributed by atoms with Crippen molar-refractivity contribution in [1.29, 1.82) is 0 Å². The molecule has 11 nitrogen and oxygen atoms in total. The van der Waals surface area contributed by atoms with E-state index in [9.17, 15) is 29.4 Å². The molecule has 0 aromatic carbocycles. The van der Waals surface area contributed by atoms with Gasteiger partial charge in [0.15, 0.2) is 0 Å². The van der Waals surface area contributed by atoms with E-state index in [4.69, 9.17) is 0 Å². The first-order valence-corrected chi connectivity index (χ1v) is 18.0. The lowest BCUT2D eigenvalue weighted by Gasteiger charge is -2.38. The highest BCUT2D eigenvalue weighted by molar-refractivity contribution is 5.86. The molecule has 5 unspecified atom stereocenters. The molecule has 266 valence electrons. The topological polar surface area (TPSA) is 143 Å². The summed E-state index contributed by atoms with van der Waals surface area (Å²) in [5.41, 5.74) is 2.94. The van der Waals surface area contributed by atoms with Crippen LogP contribution in [0.4, 0.5) is 0 Å². The van der Waals surface area contributed by atoms with Gasteiger partial charge in [-0.25, -0.2) is 5.01 Å². The molecule has 4 N–H and O–H groups in total. The molecule has 46 heavy (non-hydrogen) atoms. The van der Waals surface area contributed by atoms with Crippen molar-refractivity contribution in [2.45, 2.75) is 130 Å². The van der Waals surface area contributed by atoms with Crippen LogP contribution in [0.3, 0.4) is 0 Å². The highest BCUT2D eigenvalue weighted by atomic mass is 16.3. The zero-order valence-electron chi connectivity index (χ0n) is 29.8. The fourth-order valence-electron chi connectivity index (χ4n) is 7.19. The van der Waals surface area contributed by atoms with Crippen LogP contribution in [0.2, 0.25) is 0 Å². The van der Waals surface area contributed by atoms with Crippen molar-refractivity contribution in [2.24, 2.45) is 29.6 Å². The third kappa shape index (κ3) is 13.1. The third-order valence-corrected chi connectivity index (χ3v) is 9.49. The van der Waals surface area contributed by atoms with Crippen molar-refractivity contribution in [3.8, 4) is 0 Å². The summed E-state index contributed by atoms with van der Waals surface area (Å²) in [6, 6.07) is -0.579. The van der Waals surface area contributed by atoms with Crippen LogP contribution in [0.15, 0.2) is 0 Å². The van der Waals surface area contributed by atoms with Crippen molar-refractivity contribution in [2.75, 3.05) is 40.3 Å². The van der Waals surface area contributed by atoms with E-state index in [0.717, 1.165) is 32.1 Å². The van der Waals surface area contributed by atoms with Gasteiger partial charge in [0.1, 0.15) is 0 Å². The zero-order valence-corrected chi connectivity index (χ0v) is 29.8. The van der Waals surface area contributed by atoms with E-state index in [2.05, 4.69) is 10.7 Å². The monoisotopic (exact) mass is 651 g/mol. The predicted octanol–water partition coefficient (Wildman–Crippen LogP) is 3.33. The van der Waals surface area contributed by atoms with Gasteiger partial charge in [0.2, 0.25) is 23.6 Å². The highest BCUT2D eigenvalue weighted by Gasteiger charge is 2.41. The molecule has 4 amide bonds. The molecule has 2 aliphatic rings. The van der Waals surface area contributed by atoms with Gasteiger partial charge in [-0.05, 0) is 82.5 Å². The minimum atomic E-state index is -0.952. The summed E-state index contributed by atoms with van der Waals surface area (Å²) in [4.78, 5) is 56.9. The van der Waals surface area contributed by atoms with E-state index in [1.165, 1.54) is 0 Å². The smallest absolute Gasteiger partial charge is 0.234 e. The van der Waals surface area contributed by atoms with Crippen LogP contribution < -0.4 is 10.7 Å². The second-order valence-electron chi connectivity index (χ2n) is 14.5. The van der Waals surface area contributed by atoms with E-state index >= 15 is 0 Å². The van der Waals surface area contributed by atoms with Crippen molar-refractivity contribution < 1.29 is 29.4 Å². The predicted molar refractivity (Wildman–Crippen MR) is 180 cm³/mol. The Hall–Kier alpha value is -2.24. The van der Waals surface area contributed by atoms with Crippen LogP contribution in [0.5, 0.6) is 0 Å². The van der Waals surface area contributed by atoms with Gasteiger partial charge in [-0.2, -0.15) is 0 Å². The van der Waals surface area contributed by atoms with Gasteiger partial charge in [-0.3, -0.25) is 24.6 Å². The van der Waals surface area contributed by atoms with Gasteiger partial charge in [0.05, 0.1) is 18.2 Å². The minimum absolute atomic E-state index is 0.0162. The molecule has 2 saturated carbocycles. The lowest BCUT2D eigenvalue weighted by atomic mass is 9.73. The number of nitrogens with one attached hydrogen (secondary N) is 2. The Labute approximate surface area is 278 Å². The van der Waals surface area contributed by atoms with E-state index in [1.807, 2.05) is 39.5 Å². The van der Waals surface area contributed by atoms with E-state index in [0.29, 0.717) is 64.6 Å². The molecule has 2 fully saturated rings. The van der Waals surface area contributed by atoms with E-state index < -0.39 is 29.9 Å². The van der Waals surface area contributed by atoms with Gasteiger partial charge < -0.3 is 25.3 Å². The molecule has 0 aromatic heterocycles. The van der Waals surface area contributed by atoms with Gasteiger partial charge >= 0.3 is 0 Å². The summed E-state index contributed by atoms with van der Waals surface area (Å²) >= 11 is 0. The van der Waals surface area contributed by atoms with Gasteiger partial charge in [0.25, 0.3) is 0 Å². The number of nitrogens with zero attached hydrogens (tertiary/aromatic N) is 3. The highest BCUT2D eigenvalue weighted by Crippen LogP contribution is 2.36. The van der Waals surface area contributed by atoms with Gasteiger partial charge in [-0.1, -0.05) is 34.6 Å². The standard InChI is InChI=1S/C35H65N5O6/c1-8-15-39(16-9-2)35(46)28-21-26(20-27(22-28)34(45)38(6)7)33(44)36-30(19-25-11-13-29(41)14-12-25)31(42)23-40(17-10-3)37-32(43)18-24(4)5/h24-31,41-42H,8-23H2,1-7H3,(H,36,44)(H,37,43). The largest absolute Gasteiger partial charge is 0.393 e. The summed E-state index contributed by atoms with van der Waals surface area (Å²) in [5, 5.41) is 26.6. The molecule has 11 heteroatoms. The Balaban J connectivity index is 2.29. The molecular weight excluding hydrogens is 586 g/mol. The first-order valence-electron chi connectivity index (χ1n) is 18.0. The van der Waals surface area contributed by atoms with Crippen LogP contribution in [0.25, 0.3) is 0 Å². The maximum absolute atomic E-state index is 14.0. The third-order valence-electron chi connectivity index (χ3n) is 9.49. The van der Waals surface area contributed by atoms with Crippen LogP contribution in [-0.2, 0) is 19.2 Å². The fourth-order valence-corrected chi connectivity index (χ4v) is 7.19. The number of aliphatic hydroxyl groups is 2. The Kier molecular flexibility index (Phi) is 17.5. The number of aliphatic hydroxyl groups excluding tert-OH is 2. The molecule has 2 aliphatic carbocycles. The Bertz CT molecular complexity index is 948. The molecule has 0 spiro atoms. The molecule has 2 rings (SSSR count). The molecule has 0 radical (unpaired) electrons. The number of rotatable bonds is 18. The molecule has 0 aliphatic heterocycles. The first kappa shape index (κ1) is 39.9. The second-order valence-corrected chi connectivity index (χ2v) is 14.5. The molecule has 0 saturated heterocycles. The average molecular weight is 652 g/mol. The molecule has 0 bridgehead atoms. The van der Waals surface area contributed by atoms with Crippen LogP contribution in [0.1, 0.15) is 112 Å². The Morgan fingerprint density at radius 1 is 0.804 bits per heavy atom. The maximum atomic E-state index is 14.0. The summed E-state index contributed by atoms with van der Waals surface area (Å²) in [7, 11) is 3.41. The van der Waals surface area contributed by atoms with E-state index in [-0.39, 0.29) is 48.1 Å². The Morgan fingerprint density at radius 3 is 1.87 bits per heavy atom. The van der Waals surface area contributed by atoms with Crippen molar-refractivity contribution in [3.05, 3.63) is 0 Å². The Morgan fingerprint density at radius 2 is 1.35 bits per heavy atom. The molecular formula is C35H65N5O6. The van der Waals surface area contributed by atoms with Crippen molar-refractivity contribution in [3.63, 3.8) is 0 Å². The maximum Gasteiger partial charge on any atom is 0.234 e. The fraction of sp³-hybridized carbons (Fsp3) is 0.886. The average Bonchev–Trinajstić information content (AvgIpc) is 3.00. The summed E-state index contributed by atoms with van der Waals surface area (Å²) in [5.74, 6) is -1.35. The van der Waals surface area contributed by atoms with Gasteiger partial charge in [0, 0.05) is 64.4 Å². The number of carbonyl (C=O) groups is 4. The number of hydrogen-bond acceptors (Lipinski definition) is 7. The molecule has 0 aromatic rings. The van der Waals surface area contributed by atoms with Gasteiger partial charge in [-0.15, -0.1) is 0 Å². The normalized spacial score (nSPS) is 24.7. The zero-order chi connectivity index (χ0) is 34.4. The molecule has 0 heterocycles. The number of carbonyl (C=O) groups excluding carboxylic acids is 4. The number of hydrazine groups is 1. The first-order chi connectivity index (χ1) is 21.8. The summed E-state index contributed by atoms with van der Waals surface area (Å²) in [6.45, 7) is 12.1. The van der Waals surface area contributed by atoms with Crippen molar-refractivity contribution in [1.82, 2.24) is 25.6 Å². The van der Waals surface area contributed by atoms with E-state index in [1.54, 1.807) is 24.0 Å². The quantitative estimate of drug-likeness (QED) is 0.167. The number of hydrogen-bond donors (Lipinski definition) is 4. The lowest BCUT2D eigenvalue weighted by molar-refractivity contribution is -0.143. The second kappa shape index (κ2) is 20.2. The SMILES string of the molecule is CCCN(CC(O)C(CC1CCC(O)CC1)NC(=O)C1CC(C(=O)N(C)C)CC(C(=O)N(CCC)CCC)C1)NC(=O)CC(C)C. The summed E-state index contributed by atoms with van der Waals surface area (Å²) in [6.07, 6.45) is 6.31. The van der Waals surface area contributed by atoms with Crippen LogP contribution in [0, 0.1) is 29.6 Å². The number of amides is 4. The van der Waals surface area contributed by atoms with Crippen LogP contribution in [-0.4, -0.2) is 107 Å². The summed E-state index contributed by atoms with van der Waals surface area (Å²) < 4.78 is 0. The lowest BCUT2D eigenvalue weighted by Crippen LogP contribution is -2.55. The van der Waals surface area contributed by atoms with Crippen molar-refractivity contribution >= 4 is 23.6 Å².